The lowest BCUT2D eigenvalue weighted by Gasteiger charge is -1.93. The van der Waals surface area contributed by atoms with Crippen molar-refractivity contribution in [2.24, 2.45) is 0 Å². The van der Waals surface area contributed by atoms with Crippen molar-refractivity contribution >= 4 is 6.41 Å². The molecule has 0 saturated heterocycles. The lowest BCUT2D eigenvalue weighted by molar-refractivity contribution is -0.115. The molecule has 0 heterocycles. The molecule has 0 aliphatic carbocycles. The summed E-state index contributed by atoms with van der Waals surface area (Å²) in [5.41, 5.74) is 0. The van der Waals surface area contributed by atoms with Gasteiger partial charge in [-0.3, -0.25) is 4.79 Å². The minimum atomic E-state index is 0. The van der Waals surface area contributed by atoms with Gasteiger partial charge in [-0.15, -0.1) is 0 Å². The molecule has 0 N–H and O–H groups in total. The molecule has 0 rings (SSSR count). The highest BCUT2D eigenvalue weighted by Crippen LogP contribution is 1.52. The van der Waals surface area contributed by atoms with Crippen LogP contribution >= 0.6 is 0 Å². The molecule has 0 aliphatic heterocycles. The molecule has 0 atom stereocenters. The van der Waals surface area contributed by atoms with Gasteiger partial charge in [0.15, 0.2) is 0 Å². The number of amides is 1. The molecule has 2 heteroatoms. The standard InChI is InChI=1S/C3H7NO.CH/c1-4(2)3-5;/h3H,1-2H3;1H. The second-order valence-corrected chi connectivity index (χ2v) is 1.07. The summed E-state index contributed by atoms with van der Waals surface area (Å²) >= 11 is 0. The Balaban J connectivity index is 0. The monoisotopic (exact) mass is 86.1 g/mol. The highest BCUT2D eigenvalue weighted by Gasteiger charge is 1.68. The fourth-order valence-electron chi connectivity index (χ4n) is 0. The smallest absolute Gasteiger partial charge is 0.209 e. The average Bonchev–Trinajstić information content (AvgIpc) is 1.38. The predicted molar refractivity (Wildman–Crippen MR) is 24.1 cm³/mol. The van der Waals surface area contributed by atoms with Gasteiger partial charge in [0.05, 0.1) is 0 Å². The van der Waals surface area contributed by atoms with Crippen LogP contribution in [0.1, 0.15) is 0 Å². The summed E-state index contributed by atoms with van der Waals surface area (Å²) in [6, 6.07) is 0. The summed E-state index contributed by atoms with van der Waals surface area (Å²) in [5, 5.41) is 0. The molecule has 0 bridgehead atoms. The Labute approximate surface area is 38.8 Å². The van der Waals surface area contributed by atoms with Crippen LogP contribution in [-0.4, -0.2) is 25.4 Å². The number of nitrogens with zero attached hydrogens (tertiary/aromatic N) is 1. The van der Waals surface area contributed by atoms with E-state index in [0.717, 1.165) is 6.41 Å². The van der Waals surface area contributed by atoms with Crippen molar-refractivity contribution in [3.05, 3.63) is 7.43 Å². The number of hydrogen-bond donors (Lipinski definition) is 0. The fourth-order valence-corrected chi connectivity index (χ4v) is 0. The van der Waals surface area contributed by atoms with E-state index in [1.54, 1.807) is 14.1 Å². The van der Waals surface area contributed by atoms with E-state index in [-0.39, 0.29) is 7.43 Å². The Hall–Kier alpha value is -0.530. The van der Waals surface area contributed by atoms with E-state index in [1.807, 2.05) is 0 Å². The highest BCUT2D eigenvalue weighted by molar-refractivity contribution is 5.45. The molecule has 35 valence electrons. The SMILES string of the molecule is CN(C)C=O.[CH]. The van der Waals surface area contributed by atoms with Crippen molar-refractivity contribution < 1.29 is 4.79 Å². The summed E-state index contributed by atoms with van der Waals surface area (Å²) in [6.07, 6.45) is 0.750. The van der Waals surface area contributed by atoms with Crippen LogP contribution in [0.5, 0.6) is 0 Å². The molecular formula is C4H8NO. The molecule has 0 aliphatic rings. The Morgan fingerprint density at radius 3 is 1.67 bits per heavy atom. The van der Waals surface area contributed by atoms with Gasteiger partial charge in [0.1, 0.15) is 0 Å². The van der Waals surface area contributed by atoms with Crippen LogP contribution in [0.2, 0.25) is 0 Å². The van der Waals surface area contributed by atoms with Crippen LogP contribution in [0.15, 0.2) is 0 Å². The second-order valence-electron chi connectivity index (χ2n) is 1.07. The Morgan fingerprint density at radius 1 is 1.50 bits per heavy atom. The van der Waals surface area contributed by atoms with E-state index in [2.05, 4.69) is 0 Å². The number of rotatable bonds is 1. The van der Waals surface area contributed by atoms with Crippen LogP contribution in [0.4, 0.5) is 0 Å². The molecule has 3 radical (unpaired) electrons. The van der Waals surface area contributed by atoms with Crippen LogP contribution in [0, 0.1) is 7.43 Å². The summed E-state index contributed by atoms with van der Waals surface area (Å²) in [4.78, 5) is 10.9. The molecule has 0 aromatic heterocycles. The maximum Gasteiger partial charge on any atom is 0.209 e. The van der Waals surface area contributed by atoms with Crippen molar-refractivity contribution in [1.82, 2.24) is 4.90 Å². The van der Waals surface area contributed by atoms with Crippen molar-refractivity contribution in [3.8, 4) is 0 Å². The summed E-state index contributed by atoms with van der Waals surface area (Å²) in [6.45, 7) is 0. The first-order chi connectivity index (χ1) is 2.27. The van der Waals surface area contributed by atoms with E-state index in [9.17, 15) is 4.79 Å². The van der Waals surface area contributed by atoms with E-state index < -0.39 is 0 Å². The van der Waals surface area contributed by atoms with Gasteiger partial charge in [-0.2, -0.15) is 0 Å². The van der Waals surface area contributed by atoms with Gasteiger partial charge in [-0.05, 0) is 7.43 Å². The lowest BCUT2D eigenvalue weighted by Crippen LogP contribution is -2.06. The third-order valence-corrected chi connectivity index (χ3v) is 0.211. The van der Waals surface area contributed by atoms with Gasteiger partial charge < -0.3 is 4.90 Å². The zero-order valence-corrected chi connectivity index (χ0v) is 4.01. The molecular weight excluding hydrogens is 78.0 g/mol. The molecule has 0 saturated carbocycles. The quantitative estimate of drug-likeness (QED) is 0.408. The molecule has 0 spiro atoms. The number of hydrogen-bond acceptors (Lipinski definition) is 1. The van der Waals surface area contributed by atoms with Crippen LogP contribution in [0.3, 0.4) is 0 Å². The first-order valence-electron chi connectivity index (χ1n) is 1.39. The van der Waals surface area contributed by atoms with Crippen LogP contribution in [-0.2, 0) is 4.79 Å². The van der Waals surface area contributed by atoms with Crippen molar-refractivity contribution in [2.45, 2.75) is 0 Å². The fraction of sp³-hybridized carbons (Fsp3) is 0.500. The maximum absolute atomic E-state index is 9.43. The van der Waals surface area contributed by atoms with Crippen molar-refractivity contribution in [3.63, 3.8) is 0 Å². The molecule has 0 unspecified atom stereocenters. The molecule has 0 aromatic rings. The summed E-state index contributed by atoms with van der Waals surface area (Å²) in [5.74, 6) is 0. The molecule has 6 heavy (non-hydrogen) atoms. The van der Waals surface area contributed by atoms with Gasteiger partial charge in [-0.1, -0.05) is 0 Å². The van der Waals surface area contributed by atoms with Gasteiger partial charge in [0.2, 0.25) is 6.41 Å². The molecule has 0 aromatic carbocycles. The first-order valence-corrected chi connectivity index (χ1v) is 1.39. The van der Waals surface area contributed by atoms with Gasteiger partial charge >= 0.3 is 0 Å². The number of carbonyl (C=O) groups excluding carboxylic acids is 1. The van der Waals surface area contributed by atoms with E-state index >= 15 is 0 Å². The van der Waals surface area contributed by atoms with E-state index in [0.29, 0.717) is 0 Å². The van der Waals surface area contributed by atoms with Crippen molar-refractivity contribution in [1.29, 1.82) is 0 Å². The largest absolute Gasteiger partial charge is 0.351 e. The predicted octanol–water partition coefficient (Wildman–Crippen LogP) is -0.0913. The maximum atomic E-state index is 9.43. The molecule has 1 amide bonds. The topological polar surface area (TPSA) is 20.3 Å². The van der Waals surface area contributed by atoms with Crippen LogP contribution in [0.25, 0.3) is 0 Å². The normalized spacial score (nSPS) is 5.67. The first kappa shape index (κ1) is 9.08. The lowest BCUT2D eigenvalue weighted by atomic mass is 11.0. The molecule has 2 nitrogen and oxygen atoms in total. The zero-order valence-electron chi connectivity index (χ0n) is 4.01. The molecule has 0 fully saturated rings. The van der Waals surface area contributed by atoms with Crippen LogP contribution < -0.4 is 0 Å². The zero-order chi connectivity index (χ0) is 4.28. The third-order valence-electron chi connectivity index (χ3n) is 0.211. The minimum absolute atomic E-state index is 0. The Kier molecular flexibility index (Phi) is 6.76. The summed E-state index contributed by atoms with van der Waals surface area (Å²) in [7, 11) is 3.38. The van der Waals surface area contributed by atoms with Gasteiger partial charge in [-0.25, -0.2) is 0 Å². The van der Waals surface area contributed by atoms with Crippen molar-refractivity contribution in [2.75, 3.05) is 14.1 Å². The van der Waals surface area contributed by atoms with Gasteiger partial charge in [0, 0.05) is 14.1 Å². The minimum Gasteiger partial charge on any atom is -0.351 e. The summed E-state index contributed by atoms with van der Waals surface area (Å²) < 4.78 is 0. The average molecular weight is 86.1 g/mol. The van der Waals surface area contributed by atoms with E-state index in [1.165, 1.54) is 4.90 Å². The Bertz CT molecular complexity index is 34.5. The highest BCUT2D eigenvalue weighted by atomic mass is 16.1. The Morgan fingerprint density at radius 2 is 1.67 bits per heavy atom. The second kappa shape index (κ2) is 4.47. The number of carbonyl (C=O) groups is 1. The third kappa shape index (κ3) is 9.80. The van der Waals surface area contributed by atoms with Gasteiger partial charge in [0.25, 0.3) is 0 Å². The van der Waals surface area contributed by atoms with E-state index in [4.69, 9.17) is 0 Å².